The number of aliphatic hydroxyl groups is 7. The first-order valence-corrected chi connectivity index (χ1v) is 21.8. The van der Waals surface area contributed by atoms with Crippen LogP contribution in [0.5, 0.6) is 11.5 Å². The van der Waals surface area contributed by atoms with E-state index < -0.39 is 104 Å². The van der Waals surface area contributed by atoms with Crippen molar-refractivity contribution in [2.45, 2.75) is 152 Å². The molecule has 17 nitrogen and oxygen atoms in total. The molecule has 64 heavy (non-hydrogen) atoms. The predicted octanol–water partition coefficient (Wildman–Crippen LogP) is 3.04. The van der Waals surface area contributed by atoms with Crippen LogP contribution in [0, 0.1) is 5.92 Å². The summed E-state index contributed by atoms with van der Waals surface area (Å²) in [5, 5.41) is 96.4. The lowest BCUT2D eigenvalue weighted by atomic mass is 9.86. The molecule has 356 valence electrons. The van der Waals surface area contributed by atoms with Crippen molar-refractivity contribution in [3.8, 4) is 11.5 Å². The summed E-state index contributed by atoms with van der Waals surface area (Å²) in [6, 6.07) is 2.25. The van der Waals surface area contributed by atoms with Gasteiger partial charge in [0.05, 0.1) is 31.0 Å². The van der Waals surface area contributed by atoms with E-state index in [1.54, 1.807) is 18.2 Å². The fraction of sp³-hybridized carbons (Fsp3) is 0.574. The highest BCUT2D eigenvalue weighted by Crippen LogP contribution is 2.51. The quantitative estimate of drug-likeness (QED) is 0.0460. The van der Waals surface area contributed by atoms with Crippen LogP contribution >= 0.6 is 0 Å². The molecule has 9 N–H and O–H groups in total. The van der Waals surface area contributed by atoms with Gasteiger partial charge in [-0.3, -0.25) is 0 Å². The first-order chi connectivity index (χ1) is 30.6. The molecule has 1 aromatic rings. The van der Waals surface area contributed by atoms with Crippen molar-refractivity contribution in [2.24, 2.45) is 5.92 Å². The van der Waals surface area contributed by atoms with Gasteiger partial charge in [-0.15, -0.1) is 0 Å². The van der Waals surface area contributed by atoms with Gasteiger partial charge >= 0.3 is 11.9 Å². The van der Waals surface area contributed by atoms with Crippen LogP contribution in [0.1, 0.15) is 83.8 Å². The maximum Gasteiger partial charge on any atom is 0.331 e. The van der Waals surface area contributed by atoms with Gasteiger partial charge in [0.15, 0.2) is 18.5 Å². The van der Waals surface area contributed by atoms with Crippen molar-refractivity contribution in [1.82, 2.24) is 0 Å². The normalized spacial score (nSPS) is 30.2. The van der Waals surface area contributed by atoms with E-state index >= 15 is 0 Å². The summed E-state index contributed by atoms with van der Waals surface area (Å²) in [5.74, 6) is -4.36. The zero-order valence-corrected chi connectivity index (χ0v) is 36.8. The third kappa shape index (κ3) is 14.1. The van der Waals surface area contributed by atoms with Gasteiger partial charge in [-0.1, -0.05) is 81.9 Å². The second-order valence-electron chi connectivity index (χ2n) is 16.3. The molecule has 1 aromatic carbocycles. The van der Waals surface area contributed by atoms with Gasteiger partial charge in [0.25, 0.3) is 0 Å². The van der Waals surface area contributed by atoms with Crippen molar-refractivity contribution in [2.75, 3.05) is 13.2 Å². The SMILES string of the molecule is CCC(C)CC/C=C/C=C(\C)C(O)C/C=C/C=C\C(=O)OC1C(OC2OC(COC(=O)/C=C/C=C/CCC(O)CC)C(O)C(O)C2O)C(CO)OC2(OCc3cc(O)cc(O)c32)C1O. The molecular weight excluding hydrogens is 837 g/mol. The molecule has 0 radical (unpaired) electrons. The monoisotopic (exact) mass is 902 g/mol. The summed E-state index contributed by atoms with van der Waals surface area (Å²) in [5.41, 5.74) is 0.842. The Morgan fingerprint density at radius 2 is 1.55 bits per heavy atom. The van der Waals surface area contributed by atoms with E-state index in [1.165, 1.54) is 24.3 Å². The molecule has 3 aliphatic rings. The molecule has 2 saturated heterocycles. The highest BCUT2D eigenvalue weighted by Gasteiger charge is 2.63. The average molecular weight is 903 g/mol. The standard InChI is InChI=1S/C47H66O17/c1-5-28(3)17-11-9-12-18-29(4)33(51)20-14-10-16-22-38(54)62-44-43(35(25-48)64-47(45(44)58)39-30(26-60-47)23-32(50)24-34(39)52)63-46-42(57)41(56)40(55)36(61-46)27-59-37(53)21-15-8-7-13-19-31(49)6-2/h7-10,12,14-16,18,21-24,28,31,33,35-36,40-46,48-52,55-58H,5-6,11,13,17,19-20,25-27H2,1-4H3/b8-7+,12-9+,14-10+,21-15+,22-16-,29-18+. The molecule has 13 unspecified atom stereocenters. The van der Waals surface area contributed by atoms with Gasteiger partial charge in [-0.2, -0.15) is 0 Å². The summed E-state index contributed by atoms with van der Waals surface area (Å²) >= 11 is 0. The van der Waals surface area contributed by atoms with Crippen molar-refractivity contribution >= 4 is 11.9 Å². The van der Waals surface area contributed by atoms with Crippen LogP contribution in [0.3, 0.4) is 0 Å². The van der Waals surface area contributed by atoms with Crippen molar-refractivity contribution in [3.05, 3.63) is 95.7 Å². The van der Waals surface area contributed by atoms with Gasteiger partial charge in [0.1, 0.15) is 54.7 Å². The number of aliphatic hydroxyl groups excluding tert-OH is 7. The second-order valence-corrected chi connectivity index (χ2v) is 16.3. The molecule has 0 aliphatic carbocycles. The number of phenols is 2. The van der Waals surface area contributed by atoms with E-state index in [0.29, 0.717) is 25.2 Å². The molecule has 1 spiro atoms. The Hall–Kier alpha value is -4.24. The van der Waals surface area contributed by atoms with Gasteiger partial charge in [0, 0.05) is 18.2 Å². The molecule has 3 aliphatic heterocycles. The molecule has 0 amide bonds. The van der Waals surface area contributed by atoms with E-state index in [1.807, 2.05) is 26.0 Å². The lowest BCUT2D eigenvalue weighted by Crippen LogP contribution is -2.67. The van der Waals surface area contributed by atoms with Crippen LogP contribution in [-0.2, 0) is 50.4 Å². The first kappa shape index (κ1) is 52.4. The number of carbonyl (C=O) groups is 2. The Balaban J connectivity index is 1.50. The van der Waals surface area contributed by atoms with Crippen LogP contribution in [0.4, 0.5) is 0 Å². The number of benzene rings is 1. The molecule has 13 atom stereocenters. The van der Waals surface area contributed by atoms with Crippen LogP contribution in [0.2, 0.25) is 0 Å². The zero-order valence-electron chi connectivity index (χ0n) is 36.8. The second kappa shape index (κ2) is 25.5. The summed E-state index contributed by atoms with van der Waals surface area (Å²) in [7, 11) is 0. The van der Waals surface area contributed by atoms with Crippen molar-refractivity contribution in [3.63, 3.8) is 0 Å². The highest BCUT2D eigenvalue weighted by molar-refractivity contribution is 5.82. The largest absolute Gasteiger partial charge is 0.508 e. The van der Waals surface area contributed by atoms with Gasteiger partial charge < -0.3 is 74.4 Å². The Morgan fingerprint density at radius 3 is 2.25 bits per heavy atom. The minimum absolute atomic E-state index is 0.118. The summed E-state index contributed by atoms with van der Waals surface area (Å²) in [6.07, 6.45) is 5.02. The fourth-order valence-corrected chi connectivity index (χ4v) is 7.30. The lowest BCUT2D eigenvalue weighted by molar-refractivity contribution is -0.395. The van der Waals surface area contributed by atoms with Crippen molar-refractivity contribution < 1.29 is 84.0 Å². The first-order valence-electron chi connectivity index (χ1n) is 21.8. The van der Waals surface area contributed by atoms with Gasteiger partial charge in [0.2, 0.25) is 5.79 Å². The number of allylic oxidation sites excluding steroid dienone is 8. The number of carbonyl (C=O) groups excluding carboxylic acids is 2. The molecule has 2 fully saturated rings. The van der Waals surface area contributed by atoms with E-state index in [9.17, 15) is 55.5 Å². The van der Waals surface area contributed by atoms with Crippen LogP contribution in [0.25, 0.3) is 0 Å². The van der Waals surface area contributed by atoms with Crippen LogP contribution in [-0.4, -0.2) is 138 Å². The number of hydrogen-bond acceptors (Lipinski definition) is 17. The topological polar surface area (TPSA) is 272 Å². The molecule has 3 heterocycles. The zero-order chi connectivity index (χ0) is 47.0. The maximum atomic E-state index is 13.4. The maximum absolute atomic E-state index is 13.4. The Labute approximate surface area is 373 Å². The van der Waals surface area contributed by atoms with Crippen LogP contribution in [0.15, 0.2) is 84.5 Å². The predicted molar refractivity (Wildman–Crippen MR) is 231 cm³/mol. The molecule has 0 aromatic heterocycles. The molecule has 0 bridgehead atoms. The lowest BCUT2D eigenvalue weighted by Gasteiger charge is -2.50. The number of ether oxygens (including phenoxy) is 6. The third-order valence-electron chi connectivity index (χ3n) is 11.5. The smallest absolute Gasteiger partial charge is 0.331 e. The third-order valence-corrected chi connectivity index (χ3v) is 11.5. The number of phenolic OH excluding ortho intramolecular Hbond substituents is 2. The van der Waals surface area contributed by atoms with Crippen molar-refractivity contribution in [1.29, 1.82) is 0 Å². The number of rotatable bonds is 22. The van der Waals surface area contributed by atoms with Gasteiger partial charge in [-0.05, 0) is 68.6 Å². The summed E-state index contributed by atoms with van der Waals surface area (Å²) in [4.78, 5) is 25.8. The fourth-order valence-electron chi connectivity index (χ4n) is 7.30. The summed E-state index contributed by atoms with van der Waals surface area (Å²) < 4.78 is 34.7. The number of esters is 2. The number of hydrogen-bond donors (Lipinski definition) is 9. The van der Waals surface area contributed by atoms with Crippen LogP contribution < -0.4 is 0 Å². The minimum Gasteiger partial charge on any atom is -0.508 e. The highest BCUT2D eigenvalue weighted by atomic mass is 16.8. The molecular formula is C47H66O17. The van der Waals surface area contributed by atoms with E-state index in [4.69, 9.17) is 28.4 Å². The summed E-state index contributed by atoms with van der Waals surface area (Å²) in [6.45, 7) is 6.24. The average Bonchev–Trinajstić information content (AvgIpc) is 3.64. The molecule has 0 saturated carbocycles. The Morgan fingerprint density at radius 1 is 0.859 bits per heavy atom. The number of fused-ring (bicyclic) bond motifs is 2. The van der Waals surface area contributed by atoms with E-state index in [2.05, 4.69) is 19.9 Å². The Kier molecular flexibility index (Phi) is 20.8. The van der Waals surface area contributed by atoms with E-state index in [0.717, 1.165) is 43.1 Å². The Bertz CT molecular complexity index is 1840. The van der Waals surface area contributed by atoms with Gasteiger partial charge in [-0.25, -0.2) is 9.59 Å². The number of aromatic hydroxyl groups is 2. The molecule has 17 heteroatoms. The van der Waals surface area contributed by atoms with E-state index in [-0.39, 0.29) is 29.9 Å². The molecule has 4 rings (SSSR count). The minimum atomic E-state index is -2.28.